The van der Waals surface area contributed by atoms with E-state index in [1.165, 1.54) is 19.3 Å². The number of H-pyrrole nitrogens is 1. The van der Waals surface area contributed by atoms with E-state index in [2.05, 4.69) is 15.5 Å². The highest BCUT2D eigenvalue weighted by Gasteiger charge is 2.29. The zero-order valence-corrected chi connectivity index (χ0v) is 16.1. The first-order valence-corrected chi connectivity index (χ1v) is 9.66. The van der Waals surface area contributed by atoms with Crippen molar-refractivity contribution in [2.24, 2.45) is 5.92 Å². The van der Waals surface area contributed by atoms with Crippen LogP contribution >= 0.6 is 0 Å². The number of aromatic nitrogens is 2. The van der Waals surface area contributed by atoms with Gasteiger partial charge in [-0.05, 0) is 46.0 Å². The molecule has 0 bridgehead atoms. The number of carbonyl (C=O) groups is 2. The lowest BCUT2D eigenvalue weighted by Crippen LogP contribution is -2.40. The number of carbonyl (C=O) groups excluding carboxylic acids is 2. The van der Waals surface area contributed by atoms with E-state index < -0.39 is 5.60 Å². The summed E-state index contributed by atoms with van der Waals surface area (Å²) in [7, 11) is 0. The maximum absolute atomic E-state index is 12.3. The predicted octanol–water partition coefficient (Wildman–Crippen LogP) is 3.61. The summed E-state index contributed by atoms with van der Waals surface area (Å²) in [6.07, 6.45) is 6.97. The van der Waals surface area contributed by atoms with Gasteiger partial charge in [0.2, 0.25) is 5.91 Å². The van der Waals surface area contributed by atoms with Crippen LogP contribution in [-0.4, -0.2) is 39.2 Å². The summed E-state index contributed by atoms with van der Waals surface area (Å²) in [6, 6.07) is 0. The van der Waals surface area contributed by atoms with Crippen molar-refractivity contribution in [2.45, 2.75) is 77.9 Å². The van der Waals surface area contributed by atoms with Gasteiger partial charge in [-0.15, -0.1) is 0 Å². The molecule has 1 aliphatic heterocycles. The van der Waals surface area contributed by atoms with Gasteiger partial charge in [0.05, 0.1) is 12.2 Å². The first-order chi connectivity index (χ1) is 12.3. The molecule has 3 rings (SSSR count). The van der Waals surface area contributed by atoms with E-state index >= 15 is 0 Å². The van der Waals surface area contributed by atoms with Gasteiger partial charge in [-0.2, -0.15) is 5.10 Å². The van der Waals surface area contributed by atoms with Gasteiger partial charge in [-0.25, -0.2) is 4.79 Å². The number of hydrogen-bond acceptors (Lipinski definition) is 4. The van der Waals surface area contributed by atoms with Crippen molar-refractivity contribution in [3.63, 3.8) is 0 Å². The van der Waals surface area contributed by atoms with Crippen molar-refractivity contribution in [1.82, 2.24) is 15.1 Å². The Morgan fingerprint density at radius 2 is 2.00 bits per heavy atom. The van der Waals surface area contributed by atoms with Crippen LogP contribution < -0.4 is 5.32 Å². The highest BCUT2D eigenvalue weighted by atomic mass is 16.6. The van der Waals surface area contributed by atoms with Crippen LogP contribution in [0.5, 0.6) is 0 Å². The van der Waals surface area contributed by atoms with Gasteiger partial charge in [0, 0.05) is 18.5 Å². The molecule has 2 amide bonds. The van der Waals surface area contributed by atoms with Gasteiger partial charge in [-0.3, -0.25) is 9.89 Å². The minimum Gasteiger partial charge on any atom is -0.444 e. The summed E-state index contributed by atoms with van der Waals surface area (Å²) in [5, 5.41) is 10.2. The summed E-state index contributed by atoms with van der Waals surface area (Å²) in [5.74, 6) is 1.16. The van der Waals surface area contributed by atoms with E-state index in [-0.39, 0.29) is 12.0 Å². The second-order valence-electron chi connectivity index (χ2n) is 8.44. The number of hydrogen-bond donors (Lipinski definition) is 2. The van der Waals surface area contributed by atoms with E-state index in [1.807, 2.05) is 20.8 Å². The summed E-state index contributed by atoms with van der Waals surface area (Å²) < 4.78 is 5.43. The van der Waals surface area contributed by atoms with E-state index in [0.29, 0.717) is 37.7 Å². The number of anilines is 1. The monoisotopic (exact) mass is 362 g/mol. The van der Waals surface area contributed by atoms with E-state index in [4.69, 9.17) is 4.74 Å². The molecule has 1 aliphatic carbocycles. The normalized spacial score (nSPS) is 18.3. The third-order valence-electron chi connectivity index (χ3n) is 5.04. The summed E-state index contributed by atoms with van der Waals surface area (Å²) in [4.78, 5) is 26.2. The van der Waals surface area contributed by atoms with Crippen molar-refractivity contribution in [2.75, 3.05) is 11.9 Å². The molecule has 7 nitrogen and oxygen atoms in total. The Hall–Kier alpha value is -2.05. The fourth-order valence-corrected chi connectivity index (χ4v) is 3.74. The fourth-order valence-electron chi connectivity index (χ4n) is 3.74. The standard InChI is InChI=1S/C19H30N4O3/c1-19(2,3)26-18(25)23-10-9-14-15(12-23)21-22-17(14)20-16(24)11-13-7-5-4-6-8-13/h13H,4-12H2,1-3H3,(H2,20,21,22,24). The number of rotatable bonds is 3. The molecule has 2 aliphatic rings. The highest BCUT2D eigenvalue weighted by molar-refractivity contribution is 5.90. The number of ether oxygens (including phenoxy) is 1. The van der Waals surface area contributed by atoms with Gasteiger partial charge in [0.15, 0.2) is 5.82 Å². The number of fused-ring (bicyclic) bond motifs is 1. The Morgan fingerprint density at radius 3 is 2.69 bits per heavy atom. The molecule has 1 aromatic heterocycles. The molecule has 1 aromatic rings. The fraction of sp³-hybridized carbons (Fsp3) is 0.737. The van der Waals surface area contributed by atoms with Crippen molar-refractivity contribution in [1.29, 1.82) is 0 Å². The van der Waals surface area contributed by atoms with Crippen LogP contribution in [-0.2, 0) is 22.5 Å². The smallest absolute Gasteiger partial charge is 0.410 e. The van der Waals surface area contributed by atoms with Gasteiger partial charge in [0.1, 0.15) is 5.60 Å². The first kappa shape index (κ1) is 18.7. The maximum atomic E-state index is 12.3. The zero-order valence-electron chi connectivity index (χ0n) is 16.1. The second kappa shape index (κ2) is 7.68. The molecule has 7 heteroatoms. The quantitative estimate of drug-likeness (QED) is 0.860. The van der Waals surface area contributed by atoms with Crippen LogP contribution in [0.2, 0.25) is 0 Å². The second-order valence-corrected chi connectivity index (χ2v) is 8.44. The van der Waals surface area contributed by atoms with Gasteiger partial charge >= 0.3 is 6.09 Å². The molecule has 144 valence electrons. The van der Waals surface area contributed by atoms with Gasteiger partial charge < -0.3 is 15.0 Å². The molecule has 1 saturated carbocycles. The number of amides is 2. The lowest BCUT2D eigenvalue weighted by atomic mass is 9.87. The molecule has 0 unspecified atom stereocenters. The molecule has 26 heavy (non-hydrogen) atoms. The summed E-state index contributed by atoms with van der Waals surface area (Å²) >= 11 is 0. The van der Waals surface area contributed by atoms with Gasteiger partial charge in [0.25, 0.3) is 0 Å². The van der Waals surface area contributed by atoms with Crippen LogP contribution in [0.3, 0.4) is 0 Å². The third kappa shape index (κ3) is 4.77. The molecule has 0 saturated heterocycles. The molecular weight excluding hydrogens is 332 g/mol. The molecule has 2 N–H and O–H groups in total. The minimum atomic E-state index is -0.510. The first-order valence-electron chi connectivity index (χ1n) is 9.66. The molecule has 2 heterocycles. The van der Waals surface area contributed by atoms with E-state index in [1.54, 1.807) is 4.90 Å². The van der Waals surface area contributed by atoms with Gasteiger partial charge in [-0.1, -0.05) is 19.3 Å². The topological polar surface area (TPSA) is 87.3 Å². The van der Waals surface area contributed by atoms with E-state index in [0.717, 1.165) is 24.1 Å². The molecule has 0 spiro atoms. The Kier molecular flexibility index (Phi) is 5.53. The predicted molar refractivity (Wildman–Crippen MR) is 98.8 cm³/mol. The minimum absolute atomic E-state index is 0.0424. The van der Waals surface area contributed by atoms with Crippen LogP contribution in [0.25, 0.3) is 0 Å². The zero-order chi connectivity index (χ0) is 18.7. The number of aromatic amines is 1. The lowest BCUT2D eigenvalue weighted by molar-refractivity contribution is -0.117. The Labute approximate surface area is 154 Å². The molecular formula is C19H30N4O3. The van der Waals surface area contributed by atoms with Crippen LogP contribution in [0.15, 0.2) is 0 Å². The maximum Gasteiger partial charge on any atom is 0.410 e. The Balaban J connectivity index is 1.57. The highest BCUT2D eigenvalue weighted by Crippen LogP contribution is 2.28. The average molecular weight is 362 g/mol. The van der Waals surface area contributed by atoms with Crippen molar-refractivity contribution in [3.05, 3.63) is 11.3 Å². The number of nitrogens with one attached hydrogen (secondary N) is 2. The molecule has 0 aromatic carbocycles. The van der Waals surface area contributed by atoms with Crippen molar-refractivity contribution >= 4 is 17.8 Å². The van der Waals surface area contributed by atoms with Crippen LogP contribution in [0.4, 0.5) is 10.6 Å². The van der Waals surface area contributed by atoms with E-state index in [9.17, 15) is 9.59 Å². The number of nitrogens with zero attached hydrogens (tertiary/aromatic N) is 2. The van der Waals surface area contributed by atoms with Crippen molar-refractivity contribution in [3.8, 4) is 0 Å². The van der Waals surface area contributed by atoms with Crippen LogP contribution in [0, 0.1) is 5.92 Å². The summed E-state index contributed by atoms with van der Waals surface area (Å²) in [5.41, 5.74) is 1.36. The van der Waals surface area contributed by atoms with Crippen LogP contribution in [0.1, 0.15) is 70.6 Å². The Morgan fingerprint density at radius 1 is 1.27 bits per heavy atom. The molecule has 0 radical (unpaired) electrons. The van der Waals surface area contributed by atoms with Crippen molar-refractivity contribution < 1.29 is 14.3 Å². The Bertz CT molecular complexity index is 656. The SMILES string of the molecule is CC(C)(C)OC(=O)N1CCc2c(NC(=O)CC3CCCCC3)n[nH]c2C1. The third-order valence-corrected chi connectivity index (χ3v) is 5.04. The average Bonchev–Trinajstić information content (AvgIpc) is 2.96. The largest absolute Gasteiger partial charge is 0.444 e. The lowest BCUT2D eigenvalue weighted by Gasteiger charge is -2.29. The summed E-state index contributed by atoms with van der Waals surface area (Å²) in [6.45, 7) is 6.56. The molecule has 1 fully saturated rings. The molecule has 0 atom stereocenters.